The number of hydrogen-bond donors (Lipinski definition) is 0. The number of esters is 1. The molecule has 0 aromatic heterocycles. The van der Waals surface area contributed by atoms with Crippen LogP contribution in [-0.4, -0.2) is 13.1 Å². The van der Waals surface area contributed by atoms with Crippen molar-refractivity contribution in [2.24, 2.45) is 0 Å². The first-order valence-corrected chi connectivity index (χ1v) is 3.63. The van der Waals surface area contributed by atoms with E-state index >= 15 is 0 Å². The maximum Gasteiger partial charge on any atom is 0.339 e. The monoisotopic (exact) mass is 174 g/mol. The third kappa shape index (κ3) is 1.85. The summed E-state index contributed by atoms with van der Waals surface area (Å²) in [5.41, 5.74) is 1.26. The average molecular weight is 174 g/mol. The van der Waals surface area contributed by atoms with E-state index in [-0.39, 0.29) is 5.56 Å². The van der Waals surface area contributed by atoms with Crippen LogP contribution in [0.15, 0.2) is 18.2 Å². The number of ether oxygens (including phenoxy) is 1. The van der Waals surface area contributed by atoms with Gasteiger partial charge in [-0.05, 0) is 24.6 Å². The van der Waals surface area contributed by atoms with Gasteiger partial charge in [0.05, 0.1) is 18.2 Å². The van der Waals surface area contributed by atoms with Gasteiger partial charge in [0.1, 0.15) is 6.07 Å². The van der Waals surface area contributed by atoms with Crippen LogP contribution in [0.25, 0.3) is 0 Å². The summed E-state index contributed by atoms with van der Waals surface area (Å²) in [6, 6.07) is 6.65. The molecule has 0 spiro atoms. The van der Waals surface area contributed by atoms with Crippen molar-refractivity contribution in [1.82, 2.24) is 0 Å². The summed E-state index contributed by atoms with van der Waals surface area (Å²) < 4.78 is 4.51. The molecule has 1 rings (SSSR count). The summed E-state index contributed by atoms with van der Waals surface area (Å²) in [7, 11) is 1.28. The second-order valence-electron chi connectivity index (χ2n) is 2.48. The molecule has 13 heavy (non-hydrogen) atoms. The molecule has 3 heteroatoms. The Bertz CT molecular complexity index is 377. The number of hydrogen-bond acceptors (Lipinski definition) is 3. The van der Waals surface area contributed by atoms with Gasteiger partial charge in [-0.25, -0.2) is 4.79 Å². The molecule has 0 amide bonds. The van der Waals surface area contributed by atoms with Crippen LogP contribution in [0.4, 0.5) is 0 Å². The standard InChI is InChI=1S/C10H8NO2/c1-7-3-4-9(10(12)13-2)8(5-7)6-11/h3-5H,1H2,2H3. The third-order valence-electron chi connectivity index (χ3n) is 1.61. The van der Waals surface area contributed by atoms with Crippen LogP contribution in [0.2, 0.25) is 0 Å². The lowest BCUT2D eigenvalue weighted by Crippen LogP contribution is -2.03. The number of benzene rings is 1. The smallest absolute Gasteiger partial charge is 0.339 e. The molecular weight excluding hydrogens is 166 g/mol. The van der Waals surface area contributed by atoms with Gasteiger partial charge in [0.2, 0.25) is 0 Å². The molecule has 0 saturated carbocycles. The Balaban J connectivity index is 3.23. The van der Waals surface area contributed by atoms with Gasteiger partial charge >= 0.3 is 5.97 Å². The molecule has 0 aliphatic carbocycles. The van der Waals surface area contributed by atoms with Crippen molar-refractivity contribution in [3.8, 4) is 6.07 Å². The van der Waals surface area contributed by atoms with E-state index in [0.717, 1.165) is 0 Å². The maximum absolute atomic E-state index is 11.1. The van der Waals surface area contributed by atoms with E-state index in [1.54, 1.807) is 12.1 Å². The van der Waals surface area contributed by atoms with Crippen LogP contribution in [0.3, 0.4) is 0 Å². The zero-order chi connectivity index (χ0) is 9.84. The van der Waals surface area contributed by atoms with E-state index in [2.05, 4.69) is 11.7 Å². The first-order valence-electron chi connectivity index (χ1n) is 3.63. The fourth-order valence-electron chi connectivity index (χ4n) is 0.972. The Morgan fingerprint density at radius 1 is 1.62 bits per heavy atom. The number of methoxy groups -OCH3 is 1. The van der Waals surface area contributed by atoms with Gasteiger partial charge in [-0.3, -0.25) is 0 Å². The highest BCUT2D eigenvalue weighted by atomic mass is 16.5. The Hall–Kier alpha value is -1.82. The number of nitriles is 1. The molecule has 0 atom stereocenters. The van der Waals surface area contributed by atoms with E-state index in [4.69, 9.17) is 5.26 Å². The Morgan fingerprint density at radius 3 is 2.85 bits per heavy atom. The summed E-state index contributed by atoms with van der Waals surface area (Å²) in [4.78, 5) is 11.1. The van der Waals surface area contributed by atoms with Crippen molar-refractivity contribution < 1.29 is 9.53 Å². The van der Waals surface area contributed by atoms with Gasteiger partial charge in [0, 0.05) is 0 Å². The normalized spacial score (nSPS) is 9.00. The largest absolute Gasteiger partial charge is 0.465 e. The van der Waals surface area contributed by atoms with Gasteiger partial charge in [0.25, 0.3) is 0 Å². The lowest BCUT2D eigenvalue weighted by atomic mass is 10.1. The molecule has 0 fully saturated rings. The van der Waals surface area contributed by atoms with Crippen LogP contribution in [0.5, 0.6) is 0 Å². The van der Waals surface area contributed by atoms with Gasteiger partial charge in [0.15, 0.2) is 0 Å². The molecular formula is C10H8NO2. The van der Waals surface area contributed by atoms with Gasteiger partial charge < -0.3 is 4.74 Å². The number of nitrogens with zero attached hydrogens (tertiary/aromatic N) is 1. The van der Waals surface area contributed by atoms with Gasteiger partial charge in [-0.1, -0.05) is 6.07 Å². The average Bonchev–Trinajstić information content (AvgIpc) is 2.16. The summed E-state index contributed by atoms with van der Waals surface area (Å²) in [5.74, 6) is -0.503. The second kappa shape index (κ2) is 3.72. The van der Waals surface area contributed by atoms with E-state index in [9.17, 15) is 4.79 Å². The third-order valence-corrected chi connectivity index (χ3v) is 1.61. The number of rotatable bonds is 1. The minimum Gasteiger partial charge on any atom is -0.465 e. The maximum atomic E-state index is 11.1. The zero-order valence-corrected chi connectivity index (χ0v) is 7.20. The molecule has 1 aromatic rings. The Morgan fingerprint density at radius 2 is 2.31 bits per heavy atom. The van der Waals surface area contributed by atoms with Crippen LogP contribution in [0, 0.1) is 18.3 Å². The highest BCUT2D eigenvalue weighted by Gasteiger charge is 2.10. The second-order valence-corrected chi connectivity index (χ2v) is 2.48. The van der Waals surface area contributed by atoms with Crippen molar-refractivity contribution in [1.29, 1.82) is 5.26 Å². The van der Waals surface area contributed by atoms with Crippen molar-refractivity contribution in [2.45, 2.75) is 0 Å². The van der Waals surface area contributed by atoms with E-state index in [0.29, 0.717) is 11.1 Å². The minimum atomic E-state index is -0.503. The molecule has 0 bridgehead atoms. The molecule has 0 aliphatic rings. The highest BCUT2D eigenvalue weighted by Crippen LogP contribution is 2.11. The fourth-order valence-corrected chi connectivity index (χ4v) is 0.972. The van der Waals surface area contributed by atoms with Crippen LogP contribution < -0.4 is 0 Å². The van der Waals surface area contributed by atoms with E-state index in [1.165, 1.54) is 13.2 Å². The first kappa shape index (κ1) is 9.27. The lowest BCUT2D eigenvalue weighted by Gasteiger charge is -2.01. The molecule has 0 saturated heterocycles. The SMILES string of the molecule is [CH2]c1ccc(C(=O)OC)c(C#N)c1. The van der Waals surface area contributed by atoms with E-state index in [1.807, 2.05) is 6.07 Å². The van der Waals surface area contributed by atoms with Crippen LogP contribution in [-0.2, 0) is 4.74 Å². The Labute approximate surface area is 76.6 Å². The fraction of sp³-hybridized carbons (Fsp3) is 0.100. The molecule has 0 N–H and O–H groups in total. The molecule has 0 heterocycles. The highest BCUT2D eigenvalue weighted by molar-refractivity contribution is 5.92. The molecule has 1 aromatic carbocycles. The topological polar surface area (TPSA) is 50.1 Å². The van der Waals surface area contributed by atoms with E-state index < -0.39 is 5.97 Å². The molecule has 3 nitrogen and oxygen atoms in total. The molecule has 0 aliphatic heterocycles. The molecule has 1 radical (unpaired) electrons. The lowest BCUT2D eigenvalue weighted by molar-refractivity contribution is 0.0600. The van der Waals surface area contributed by atoms with Crippen molar-refractivity contribution >= 4 is 5.97 Å². The molecule has 65 valence electrons. The number of carbonyl (C=O) groups is 1. The predicted molar refractivity (Wildman–Crippen MR) is 47.0 cm³/mol. The summed E-state index contributed by atoms with van der Waals surface area (Å²) in [5, 5.41) is 8.70. The van der Waals surface area contributed by atoms with Gasteiger partial charge in [-0.15, -0.1) is 0 Å². The summed E-state index contributed by atoms with van der Waals surface area (Å²) >= 11 is 0. The minimum absolute atomic E-state index is 0.275. The van der Waals surface area contributed by atoms with Crippen molar-refractivity contribution in [2.75, 3.05) is 7.11 Å². The van der Waals surface area contributed by atoms with Crippen molar-refractivity contribution in [3.05, 3.63) is 41.8 Å². The van der Waals surface area contributed by atoms with Crippen LogP contribution in [0.1, 0.15) is 21.5 Å². The van der Waals surface area contributed by atoms with Gasteiger partial charge in [-0.2, -0.15) is 5.26 Å². The zero-order valence-electron chi connectivity index (χ0n) is 7.20. The first-order chi connectivity index (χ1) is 6.19. The molecule has 0 unspecified atom stereocenters. The van der Waals surface area contributed by atoms with Crippen LogP contribution >= 0.6 is 0 Å². The summed E-state index contributed by atoms with van der Waals surface area (Å²) in [6.45, 7) is 3.65. The number of carbonyl (C=O) groups excluding carboxylic acids is 1. The van der Waals surface area contributed by atoms with Crippen molar-refractivity contribution in [3.63, 3.8) is 0 Å². The quantitative estimate of drug-likeness (QED) is 0.606. The summed E-state index contributed by atoms with van der Waals surface area (Å²) in [6.07, 6.45) is 0. The Kier molecular flexibility index (Phi) is 2.65. The predicted octanol–water partition coefficient (Wildman–Crippen LogP) is 1.53.